The average molecular weight is 308 g/mol. The highest BCUT2D eigenvalue weighted by Crippen LogP contribution is 2.22. The van der Waals surface area contributed by atoms with Gasteiger partial charge in [-0.25, -0.2) is 14.6 Å². The fourth-order valence-corrected chi connectivity index (χ4v) is 2.51. The van der Waals surface area contributed by atoms with Gasteiger partial charge in [-0.15, -0.1) is 0 Å². The topological polar surface area (TPSA) is 81.7 Å². The molecule has 0 saturated carbocycles. The summed E-state index contributed by atoms with van der Waals surface area (Å²) in [7, 11) is 0. The summed E-state index contributed by atoms with van der Waals surface area (Å²) in [5.41, 5.74) is 9.92. The molecule has 0 radical (unpaired) electrons. The molecule has 0 unspecified atom stereocenters. The van der Waals surface area contributed by atoms with Crippen LogP contribution in [-0.2, 0) is 6.42 Å². The smallest absolute Gasteiger partial charge is 0.182 e. The van der Waals surface area contributed by atoms with Crippen molar-refractivity contribution < 1.29 is 0 Å². The second-order valence-corrected chi connectivity index (χ2v) is 5.46. The summed E-state index contributed by atoms with van der Waals surface area (Å²) < 4.78 is 1.74. The zero-order valence-electron chi connectivity index (χ0n) is 13.3. The molecule has 118 valence electrons. The minimum absolute atomic E-state index is 0.506. The molecule has 0 bridgehead atoms. The number of anilines is 2. The SMILES string of the molecule is Cc1cc(C)n(-c2ncnc(NCCc3ccccc3)c2N)n1. The number of benzene rings is 1. The van der Waals surface area contributed by atoms with Crippen molar-refractivity contribution in [2.45, 2.75) is 20.3 Å². The van der Waals surface area contributed by atoms with Crippen molar-refractivity contribution in [2.24, 2.45) is 0 Å². The van der Waals surface area contributed by atoms with Gasteiger partial charge in [-0.3, -0.25) is 0 Å². The van der Waals surface area contributed by atoms with E-state index in [0.29, 0.717) is 17.3 Å². The Bertz CT molecular complexity index is 794. The molecule has 2 heterocycles. The van der Waals surface area contributed by atoms with Crippen molar-refractivity contribution in [2.75, 3.05) is 17.6 Å². The molecule has 6 nitrogen and oxygen atoms in total. The van der Waals surface area contributed by atoms with Gasteiger partial charge in [0.15, 0.2) is 11.6 Å². The van der Waals surface area contributed by atoms with Crippen LogP contribution in [0.2, 0.25) is 0 Å². The van der Waals surface area contributed by atoms with Gasteiger partial charge in [-0.2, -0.15) is 5.10 Å². The van der Waals surface area contributed by atoms with E-state index in [-0.39, 0.29) is 0 Å². The highest BCUT2D eigenvalue weighted by atomic mass is 15.3. The van der Waals surface area contributed by atoms with Crippen molar-refractivity contribution in [1.82, 2.24) is 19.7 Å². The second-order valence-electron chi connectivity index (χ2n) is 5.46. The summed E-state index contributed by atoms with van der Waals surface area (Å²) in [6.45, 7) is 4.67. The van der Waals surface area contributed by atoms with Gasteiger partial charge in [-0.05, 0) is 31.9 Å². The minimum atomic E-state index is 0.506. The Hall–Kier alpha value is -2.89. The van der Waals surface area contributed by atoms with E-state index in [1.165, 1.54) is 11.9 Å². The molecule has 3 aromatic rings. The fraction of sp³-hybridized carbons (Fsp3) is 0.235. The number of nitrogen functional groups attached to an aromatic ring is 1. The Balaban J connectivity index is 1.76. The summed E-state index contributed by atoms with van der Waals surface area (Å²) >= 11 is 0. The Morgan fingerprint density at radius 3 is 2.61 bits per heavy atom. The highest BCUT2D eigenvalue weighted by Gasteiger charge is 2.12. The number of nitrogens with one attached hydrogen (secondary N) is 1. The van der Waals surface area contributed by atoms with E-state index >= 15 is 0 Å². The van der Waals surface area contributed by atoms with Gasteiger partial charge in [0.2, 0.25) is 0 Å². The first-order valence-electron chi connectivity index (χ1n) is 7.57. The molecule has 1 aromatic carbocycles. The minimum Gasteiger partial charge on any atom is -0.393 e. The van der Waals surface area contributed by atoms with Crippen LogP contribution in [0, 0.1) is 13.8 Å². The van der Waals surface area contributed by atoms with E-state index in [2.05, 4.69) is 32.5 Å². The van der Waals surface area contributed by atoms with Crippen LogP contribution in [0.5, 0.6) is 0 Å². The zero-order chi connectivity index (χ0) is 16.2. The molecule has 0 fully saturated rings. The van der Waals surface area contributed by atoms with Crippen molar-refractivity contribution in [1.29, 1.82) is 0 Å². The first-order valence-corrected chi connectivity index (χ1v) is 7.57. The Labute approximate surface area is 135 Å². The number of aryl methyl sites for hydroxylation is 2. The van der Waals surface area contributed by atoms with Crippen LogP contribution in [0.3, 0.4) is 0 Å². The van der Waals surface area contributed by atoms with Crippen molar-refractivity contribution in [3.05, 3.63) is 59.7 Å². The highest BCUT2D eigenvalue weighted by molar-refractivity contribution is 5.69. The molecule has 3 N–H and O–H groups in total. The van der Waals surface area contributed by atoms with E-state index in [4.69, 9.17) is 5.73 Å². The van der Waals surface area contributed by atoms with Crippen LogP contribution < -0.4 is 11.1 Å². The molecule has 6 heteroatoms. The van der Waals surface area contributed by atoms with E-state index in [1.807, 2.05) is 38.1 Å². The van der Waals surface area contributed by atoms with Gasteiger partial charge in [0, 0.05) is 12.2 Å². The summed E-state index contributed by atoms with van der Waals surface area (Å²) in [5, 5.41) is 7.71. The number of hydrogen-bond acceptors (Lipinski definition) is 5. The largest absolute Gasteiger partial charge is 0.393 e. The van der Waals surface area contributed by atoms with Gasteiger partial charge in [0.05, 0.1) is 5.69 Å². The van der Waals surface area contributed by atoms with E-state index in [0.717, 1.165) is 24.4 Å². The van der Waals surface area contributed by atoms with Gasteiger partial charge >= 0.3 is 0 Å². The number of rotatable bonds is 5. The summed E-state index contributed by atoms with van der Waals surface area (Å²) in [5.74, 6) is 1.24. The van der Waals surface area contributed by atoms with Crippen LogP contribution >= 0.6 is 0 Å². The van der Waals surface area contributed by atoms with E-state index < -0.39 is 0 Å². The maximum absolute atomic E-state index is 6.22. The Kier molecular flexibility index (Phi) is 4.23. The Morgan fingerprint density at radius 1 is 1.13 bits per heavy atom. The zero-order valence-corrected chi connectivity index (χ0v) is 13.3. The monoisotopic (exact) mass is 308 g/mol. The van der Waals surface area contributed by atoms with E-state index in [1.54, 1.807) is 4.68 Å². The molecule has 0 amide bonds. The normalized spacial score (nSPS) is 10.7. The molecule has 23 heavy (non-hydrogen) atoms. The third kappa shape index (κ3) is 3.31. The maximum Gasteiger partial charge on any atom is 0.182 e. The first-order chi connectivity index (χ1) is 11.1. The maximum atomic E-state index is 6.22. The fourth-order valence-electron chi connectivity index (χ4n) is 2.51. The summed E-state index contributed by atoms with van der Waals surface area (Å²) in [6.07, 6.45) is 2.41. The number of nitrogens with two attached hydrogens (primary N) is 1. The quantitative estimate of drug-likeness (QED) is 0.757. The summed E-state index contributed by atoms with van der Waals surface area (Å²) in [6, 6.07) is 12.3. The predicted octanol–water partition coefficient (Wildman–Crippen LogP) is 2.52. The average Bonchev–Trinajstić information content (AvgIpc) is 2.88. The lowest BCUT2D eigenvalue weighted by molar-refractivity contribution is 0.803. The van der Waals surface area contributed by atoms with Crippen molar-refractivity contribution >= 4 is 11.5 Å². The first kappa shape index (κ1) is 15.0. The van der Waals surface area contributed by atoms with Crippen LogP contribution in [-0.4, -0.2) is 26.3 Å². The van der Waals surface area contributed by atoms with E-state index in [9.17, 15) is 0 Å². The van der Waals surface area contributed by atoms with Crippen molar-refractivity contribution in [3.63, 3.8) is 0 Å². The summed E-state index contributed by atoms with van der Waals surface area (Å²) in [4.78, 5) is 8.52. The van der Waals surface area contributed by atoms with Crippen LogP contribution in [0.15, 0.2) is 42.7 Å². The molecule has 0 spiro atoms. The lowest BCUT2D eigenvalue weighted by Gasteiger charge is -2.12. The van der Waals surface area contributed by atoms with Gasteiger partial charge in [-0.1, -0.05) is 30.3 Å². The standard InChI is InChI=1S/C17H20N6/c1-12-10-13(2)23(22-12)17-15(18)16(20-11-21-17)19-9-8-14-6-4-3-5-7-14/h3-7,10-11H,8-9,18H2,1-2H3,(H,19,20,21). The molecule has 3 rings (SSSR count). The lowest BCUT2D eigenvalue weighted by atomic mass is 10.1. The third-order valence-electron chi connectivity index (χ3n) is 3.62. The van der Waals surface area contributed by atoms with Crippen LogP contribution in [0.1, 0.15) is 17.0 Å². The van der Waals surface area contributed by atoms with Crippen LogP contribution in [0.4, 0.5) is 11.5 Å². The number of aromatic nitrogens is 4. The lowest BCUT2D eigenvalue weighted by Crippen LogP contribution is -2.13. The molecule has 2 aromatic heterocycles. The third-order valence-corrected chi connectivity index (χ3v) is 3.62. The van der Waals surface area contributed by atoms with Crippen molar-refractivity contribution in [3.8, 4) is 5.82 Å². The number of nitrogens with zero attached hydrogens (tertiary/aromatic N) is 4. The van der Waals surface area contributed by atoms with Gasteiger partial charge in [0.1, 0.15) is 12.0 Å². The predicted molar refractivity (Wildman–Crippen MR) is 91.7 cm³/mol. The van der Waals surface area contributed by atoms with Gasteiger partial charge in [0.25, 0.3) is 0 Å². The molecular formula is C17H20N6. The molecule has 0 aliphatic rings. The molecule has 0 saturated heterocycles. The molecule has 0 aliphatic heterocycles. The molecule has 0 aliphatic carbocycles. The van der Waals surface area contributed by atoms with Crippen LogP contribution in [0.25, 0.3) is 5.82 Å². The molecule has 0 atom stereocenters. The second kappa shape index (κ2) is 6.48. The molecular weight excluding hydrogens is 288 g/mol. The van der Waals surface area contributed by atoms with Gasteiger partial charge < -0.3 is 11.1 Å². The Morgan fingerprint density at radius 2 is 1.91 bits per heavy atom. The number of hydrogen-bond donors (Lipinski definition) is 2.